The zero-order chi connectivity index (χ0) is 17.4. The number of phenolic OH excluding ortho intramolecular Hbond substituents is 1. The van der Waals surface area contributed by atoms with Crippen molar-refractivity contribution in [2.75, 3.05) is 6.61 Å². The summed E-state index contributed by atoms with van der Waals surface area (Å²) in [5, 5.41) is 24.3. The van der Waals surface area contributed by atoms with Crippen LogP contribution in [-0.2, 0) is 4.79 Å². The number of hydrazone groups is 1. The van der Waals surface area contributed by atoms with Gasteiger partial charge in [0, 0.05) is 17.9 Å². The van der Waals surface area contributed by atoms with Gasteiger partial charge >= 0.3 is 0 Å². The first-order valence-corrected chi connectivity index (χ1v) is 7.72. The van der Waals surface area contributed by atoms with E-state index in [0.29, 0.717) is 29.0 Å². The second kappa shape index (κ2) is 6.37. The number of rotatable bonds is 4. The molecule has 1 atom stereocenters. The molecule has 1 unspecified atom stereocenters. The lowest BCUT2D eigenvalue weighted by atomic mass is 9.92. The Morgan fingerprint density at radius 3 is 2.74 bits per heavy atom. The summed E-state index contributed by atoms with van der Waals surface area (Å²) in [5.74, 6) is -0.116. The Morgan fingerprint density at radius 1 is 1.52 bits per heavy atom. The van der Waals surface area contributed by atoms with E-state index in [0.717, 1.165) is 0 Å². The number of nitrogens with one attached hydrogen (secondary N) is 1. The van der Waals surface area contributed by atoms with Crippen molar-refractivity contribution in [2.45, 2.75) is 39.7 Å². The molecule has 2 rings (SSSR count). The third-order valence-electron chi connectivity index (χ3n) is 3.49. The summed E-state index contributed by atoms with van der Waals surface area (Å²) in [7, 11) is 0. The number of amides is 1. The van der Waals surface area contributed by atoms with Gasteiger partial charge in [-0.3, -0.25) is 4.79 Å². The van der Waals surface area contributed by atoms with Crippen molar-refractivity contribution in [1.29, 1.82) is 0 Å². The van der Waals surface area contributed by atoms with Gasteiger partial charge in [-0.25, -0.2) is 5.43 Å². The number of halogens is 1. The smallest absolute Gasteiger partial charge is 0.240 e. The molecule has 0 radical (unpaired) electrons. The molecule has 0 fully saturated rings. The Balaban J connectivity index is 2.40. The standard InChI is InChI=1S/C16H21ClN2O4/c1-8-6-11(20)18-19-13(8)10-5-9(2)15(12(17)14(10)21)23-7-16(3,4)22/h5,8,21-22H,6-7H2,1-4H3,(H,18,20). The van der Waals surface area contributed by atoms with Crippen LogP contribution in [0.3, 0.4) is 0 Å². The predicted octanol–water partition coefficient (Wildman–Crippen LogP) is 2.36. The number of carbonyl (C=O) groups excluding carboxylic acids is 1. The fraction of sp³-hybridized carbons (Fsp3) is 0.500. The predicted molar refractivity (Wildman–Crippen MR) is 88.1 cm³/mol. The first-order chi connectivity index (χ1) is 10.6. The van der Waals surface area contributed by atoms with Gasteiger partial charge in [-0.1, -0.05) is 18.5 Å². The number of phenols is 1. The second-order valence-corrected chi connectivity index (χ2v) is 6.85. The zero-order valence-electron chi connectivity index (χ0n) is 13.6. The molecule has 1 aliphatic rings. The monoisotopic (exact) mass is 340 g/mol. The number of hydrogen-bond acceptors (Lipinski definition) is 5. The fourth-order valence-corrected chi connectivity index (χ4v) is 2.65. The minimum absolute atomic E-state index is 0.0414. The van der Waals surface area contributed by atoms with Gasteiger partial charge in [-0.2, -0.15) is 5.10 Å². The van der Waals surface area contributed by atoms with Gasteiger partial charge in [0.1, 0.15) is 23.1 Å². The number of benzene rings is 1. The van der Waals surface area contributed by atoms with E-state index in [1.807, 2.05) is 6.92 Å². The van der Waals surface area contributed by atoms with Crippen LogP contribution in [0.25, 0.3) is 0 Å². The molecule has 1 aliphatic heterocycles. The first-order valence-electron chi connectivity index (χ1n) is 7.34. The maximum Gasteiger partial charge on any atom is 0.240 e. The number of ether oxygens (including phenoxy) is 1. The van der Waals surface area contributed by atoms with Crippen LogP contribution in [0.5, 0.6) is 11.5 Å². The van der Waals surface area contributed by atoms with Crippen molar-refractivity contribution >= 4 is 23.2 Å². The van der Waals surface area contributed by atoms with Gasteiger partial charge < -0.3 is 14.9 Å². The maximum atomic E-state index is 11.4. The van der Waals surface area contributed by atoms with Gasteiger partial charge in [0.15, 0.2) is 0 Å². The van der Waals surface area contributed by atoms with Crippen LogP contribution in [-0.4, -0.2) is 34.0 Å². The topological polar surface area (TPSA) is 91.2 Å². The third kappa shape index (κ3) is 3.95. The van der Waals surface area contributed by atoms with Crippen molar-refractivity contribution in [1.82, 2.24) is 5.43 Å². The molecule has 0 aromatic heterocycles. The third-order valence-corrected chi connectivity index (χ3v) is 3.84. The molecule has 126 valence electrons. The van der Waals surface area contributed by atoms with Crippen LogP contribution in [0.1, 0.15) is 38.3 Å². The summed E-state index contributed by atoms with van der Waals surface area (Å²) in [4.78, 5) is 11.4. The number of aryl methyl sites for hydroxylation is 1. The van der Waals surface area contributed by atoms with E-state index in [9.17, 15) is 15.0 Å². The number of carbonyl (C=O) groups is 1. The molecule has 1 aromatic rings. The molecule has 6 nitrogen and oxygen atoms in total. The molecule has 0 saturated heterocycles. The van der Waals surface area contributed by atoms with Gasteiger partial charge in [-0.05, 0) is 32.4 Å². The normalized spacial score (nSPS) is 18.4. The lowest BCUT2D eigenvalue weighted by Crippen LogP contribution is -2.32. The van der Waals surface area contributed by atoms with Gasteiger partial charge in [0.2, 0.25) is 5.91 Å². The fourth-order valence-electron chi connectivity index (χ4n) is 2.35. The Kier molecular flexibility index (Phi) is 4.87. The molecule has 23 heavy (non-hydrogen) atoms. The van der Waals surface area contributed by atoms with Crippen LogP contribution >= 0.6 is 11.6 Å². The summed E-state index contributed by atoms with van der Waals surface area (Å²) in [6.45, 7) is 6.93. The van der Waals surface area contributed by atoms with Crippen molar-refractivity contribution < 1.29 is 19.7 Å². The number of aliphatic hydroxyl groups is 1. The molecular formula is C16H21ClN2O4. The van der Waals surface area contributed by atoms with Crippen LogP contribution in [0.4, 0.5) is 0 Å². The second-order valence-electron chi connectivity index (χ2n) is 6.47. The van der Waals surface area contributed by atoms with Crippen molar-refractivity contribution in [2.24, 2.45) is 11.0 Å². The first kappa shape index (κ1) is 17.6. The average molecular weight is 341 g/mol. The highest BCUT2D eigenvalue weighted by atomic mass is 35.5. The molecule has 0 spiro atoms. The lowest BCUT2D eigenvalue weighted by molar-refractivity contribution is -0.121. The minimum Gasteiger partial charge on any atom is -0.506 e. The Morgan fingerprint density at radius 2 is 2.17 bits per heavy atom. The molecular weight excluding hydrogens is 320 g/mol. The quantitative estimate of drug-likeness (QED) is 0.784. The van der Waals surface area contributed by atoms with Crippen molar-refractivity contribution in [3.8, 4) is 11.5 Å². The average Bonchev–Trinajstić information content (AvgIpc) is 2.42. The van der Waals surface area contributed by atoms with Gasteiger partial charge in [0.25, 0.3) is 0 Å². The molecule has 1 amide bonds. The van der Waals surface area contributed by atoms with Crippen LogP contribution < -0.4 is 10.2 Å². The molecule has 7 heteroatoms. The highest BCUT2D eigenvalue weighted by Crippen LogP contribution is 2.40. The van der Waals surface area contributed by atoms with E-state index in [2.05, 4.69) is 10.5 Å². The summed E-state index contributed by atoms with van der Waals surface area (Å²) >= 11 is 6.23. The van der Waals surface area contributed by atoms with E-state index >= 15 is 0 Å². The maximum absolute atomic E-state index is 11.4. The lowest BCUT2D eigenvalue weighted by Gasteiger charge is -2.23. The van der Waals surface area contributed by atoms with Crippen molar-refractivity contribution in [3.05, 3.63) is 22.2 Å². The van der Waals surface area contributed by atoms with E-state index in [1.54, 1.807) is 26.8 Å². The van der Waals surface area contributed by atoms with Crippen LogP contribution in [0, 0.1) is 12.8 Å². The van der Waals surface area contributed by atoms with E-state index in [1.165, 1.54) is 0 Å². The van der Waals surface area contributed by atoms with Crippen LogP contribution in [0.2, 0.25) is 5.02 Å². The number of aromatic hydroxyl groups is 1. The highest BCUT2D eigenvalue weighted by molar-refractivity contribution is 6.34. The molecule has 1 aromatic carbocycles. The zero-order valence-corrected chi connectivity index (χ0v) is 14.4. The van der Waals surface area contributed by atoms with Gasteiger partial charge in [0.05, 0.1) is 11.3 Å². The number of nitrogens with zero attached hydrogens (tertiary/aromatic N) is 1. The molecule has 1 heterocycles. The summed E-state index contributed by atoms with van der Waals surface area (Å²) in [6, 6.07) is 1.72. The minimum atomic E-state index is -1.02. The van der Waals surface area contributed by atoms with Crippen molar-refractivity contribution in [3.63, 3.8) is 0 Å². The summed E-state index contributed by atoms with van der Waals surface area (Å²) < 4.78 is 5.55. The molecule has 0 bridgehead atoms. The Bertz CT molecular complexity index is 665. The van der Waals surface area contributed by atoms with Gasteiger partial charge in [-0.15, -0.1) is 0 Å². The molecule has 0 saturated carbocycles. The van der Waals surface area contributed by atoms with Crippen LogP contribution in [0.15, 0.2) is 11.2 Å². The largest absolute Gasteiger partial charge is 0.506 e. The SMILES string of the molecule is Cc1cc(C2=NNC(=O)CC2C)c(O)c(Cl)c1OCC(C)(C)O. The Hall–Kier alpha value is -1.79. The van der Waals surface area contributed by atoms with E-state index in [4.69, 9.17) is 16.3 Å². The Labute approximate surface area is 140 Å². The van der Waals surface area contributed by atoms with E-state index in [-0.39, 0.29) is 29.2 Å². The summed E-state index contributed by atoms with van der Waals surface area (Å²) in [5.41, 5.74) is 3.15. The highest BCUT2D eigenvalue weighted by Gasteiger charge is 2.27. The molecule has 0 aliphatic carbocycles. The van der Waals surface area contributed by atoms with E-state index < -0.39 is 5.60 Å². The summed E-state index contributed by atoms with van der Waals surface area (Å²) in [6.07, 6.45) is 0.298. The molecule has 3 N–H and O–H groups in total. The number of hydrogen-bond donors (Lipinski definition) is 3.